The van der Waals surface area contributed by atoms with Crippen LogP contribution < -0.4 is 10.7 Å². The Morgan fingerprint density at radius 2 is 1.96 bits per heavy atom. The summed E-state index contributed by atoms with van der Waals surface area (Å²) in [5.41, 5.74) is 8.45. The van der Waals surface area contributed by atoms with Crippen molar-refractivity contribution >= 4 is 34.3 Å². The minimum absolute atomic E-state index is 0.0513. The van der Waals surface area contributed by atoms with Crippen LogP contribution in [0, 0.1) is 12.3 Å². The van der Waals surface area contributed by atoms with Crippen molar-refractivity contribution in [2.75, 3.05) is 17.3 Å². The Hall–Kier alpha value is -3.19. The van der Waals surface area contributed by atoms with E-state index in [0.717, 1.165) is 0 Å². The first-order chi connectivity index (χ1) is 11.5. The summed E-state index contributed by atoms with van der Waals surface area (Å²) in [5.74, 6) is 0.135. The van der Waals surface area contributed by atoms with Gasteiger partial charge in [-0.05, 0) is 30.7 Å². The van der Waals surface area contributed by atoms with Crippen LogP contribution in [0.5, 0.6) is 5.75 Å². The number of phenolic OH excluding ortho intramolecular Hbond substituents is 1. The van der Waals surface area contributed by atoms with Crippen LogP contribution in [0.4, 0.5) is 17.1 Å². The van der Waals surface area contributed by atoms with Gasteiger partial charge in [-0.3, -0.25) is 5.41 Å². The fraction of sp³-hybridized carbons (Fsp3) is 0.118. The van der Waals surface area contributed by atoms with E-state index in [1.807, 2.05) is 30.3 Å². The number of phenols is 1. The van der Waals surface area contributed by atoms with E-state index < -0.39 is 0 Å². The fourth-order valence-corrected chi connectivity index (χ4v) is 2.35. The van der Waals surface area contributed by atoms with Crippen LogP contribution in [0.15, 0.2) is 52.6 Å². The normalized spacial score (nSPS) is 15.9. The largest absolute Gasteiger partial charge is 0.508 e. The van der Waals surface area contributed by atoms with Gasteiger partial charge in [0.05, 0.1) is 23.7 Å². The van der Waals surface area contributed by atoms with Crippen LogP contribution in [-0.2, 0) is 0 Å². The molecule has 0 unspecified atom stereocenters. The summed E-state index contributed by atoms with van der Waals surface area (Å²) in [6.07, 6.45) is 0. The smallest absolute Gasteiger partial charge is 0.174 e. The van der Waals surface area contributed by atoms with Gasteiger partial charge < -0.3 is 15.9 Å². The van der Waals surface area contributed by atoms with E-state index in [4.69, 9.17) is 11.1 Å². The van der Waals surface area contributed by atoms with Crippen LogP contribution in [0.2, 0.25) is 0 Å². The SMILES string of the molecule is Cc1cc(N=C2C(=N)N(c3ccccc3)N=C2CO)c(N)cc1O. The second-order valence-corrected chi connectivity index (χ2v) is 5.36. The number of rotatable bonds is 3. The van der Waals surface area contributed by atoms with Gasteiger partial charge in [0.25, 0.3) is 0 Å². The maximum Gasteiger partial charge on any atom is 0.174 e. The Balaban J connectivity index is 2.04. The monoisotopic (exact) mass is 323 g/mol. The number of benzene rings is 2. The lowest BCUT2D eigenvalue weighted by molar-refractivity contribution is 0.359. The molecule has 1 heterocycles. The molecule has 0 saturated carbocycles. The van der Waals surface area contributed by atoms with E-state index >= 15 is 0 Å². The van der Waals surface area contributed by atoms with Crippen molar-refractivity contribution in [1.82, 2.24) is 0 Å². The van der Waals surface area contributed by atoms with Gasteiger partial charge in [0.15, 0.2) is 5.84 Å². The Labute approximate surface area is 138 Å². The second kappa shape index (κ2) is 6.13. The van der Waals surface area contributed by atoms with Crippen LogP contribution in [0.3, 0.4) is 0 Å². The minimum atomic E-state index is -0.346. The van der Waals surface area contributed by atoms with Gasteiger partial charge in [0.2, 0.25) is 0 Å². The van der Waals surface area contributed by atoms with Crippen molar-refractivity contribution in [3.63, 3.8) is 0 Å². The summed E-state index contributed by atoms with van der Waals surface area (Å²) in [5, 5.41) is 33.2. The van der Waals surface area contributed by atoms with Crippen molar-refractivity contribution in [2.45, 2.75) is 6.92 Å². The van der Waals surface area contributed by atoms with E-state index in [2.05, 4.69) is 10.1 Å². The van der Waals surface area contributed by atoms with E-state index in [9.17, 15) is 10.2 Å². The molecule has 0 amide bonds. The first-order valence-electron chi connectivity index (χ1n) is 7.32. The van der Waals surface area contributed by atoms with Crippen LogP contribution in [-0.4, -0.2) is 34.1 Å². The van der Waals surface area contributed by atoms with Crippen LogP contribution >= 0.6 is 0 Å². The van der Waals surface area contributed by atoms with E-state index in [1.54, 1.807) is 13.0 Å². The number of aliphatic hydroxyl groups excluding tert-OH is 1. The highest BCUT2D eigenvalue weighted by Gasteiger charge is 2.29. The maximum atomic E-state index is 9.68. The Bertz CT molecular complexity index is 859. The molecule has 2 aromatic rings. The third-order valence-electron chi connectivity index (χ3n) is 3.66. The zero-order valence-electron chi connectivity index (χ0n) is 13.1. The predicted octanol–water partition coefficient (Wildman–Crippen LogP) is 2.20. The van der Waals surface area contributed by atoms with Crippen molar-refractivity contribution in [1.29, 1.82) is 5.41 Å². The van der Waals surface area contributed by atoms with Gasteiger partial charge in [-0.15, -0.1) is 0 Å². The number of nitrogens with zero attached hydrogens (tertiary/aromatic N) is 3. The molecule has 24 heavy (non-hydrogen) atoms. The maximum absolute atomic E-state index is 9.68. The highest BCUT2D eigenvalue weighted by Crippen LogP contribution is 2.31. The van der Waals surface area contributed by atoms with E-state index in [1.165, 1.54) is 11.1 Å². The molecule has 1 aliphatic heterocycles. The summed E-state index contributed by atoms with van der Waals surface area (Å²) in [6.45, 7) is 1.39. The molecular weight excluding hydrogens is 306 g/mol. The Morgan fingerprint density at radius 3 is 2.62 bits per heavy atom. The average Bonchev–Trinajstić information content (AvgIpc) is 2.89. The second-order valence-electron chi connectivity index (χ2n) is 5.36. The highest BCUT2D eigenvalue weighted by molar-refractivity contribution is 6.72. The predicted molar refractivity (Wildman–Crippen MR) is 95.5 cm³/mol. The Kier molecular flexibility index (Phi) is 4.01. The third-order valence-corrected chi connectivity index (χ3v) is 3.66. The number of aryl methyl sites for hydroxylation is 1. The average molecular weight is 323 g/mol. The first kappa shape index (κ1) is 15.7. The van der Waals surface area contributed by atoms with Gasteiger partial charge in [-0.25, -0.2) is 10.0 Å². The van der Waals surface area contributed by atoms with Crippen LogP contribution in [0.1, 0.15) is 5.56 Å². The molecule has 0 fully saturated rings. The minimum Gasteiger partial charge on any atom is -0.508 e. The van der Waals surface area contributed by atoms with Gasteiger partial charge in [0.1, 0.15) is 17.2 Å². The summed E-state index contributed by atoms with van der Waals surface area (Å²) in [6, 6.07) is 12.2. The number of anilines is 2. The van der Waals surface area contributed by atoms with Gasteiger partial charge in [-0.2, -0.15) is 5.10 Å². The van der Waals surface area contributed by atoms with Gasteiger partial charge >= 0.3 is 0 Å². The number of hydrazone groups is 1. The molecule has 0 aromatic heterocycles. The van der Waals surface area contributed by atoms with Gasteiger partial charge in [-0.1, -0.05) is 18.2 Å². The molecule has 0 bridgehead atoms. The molecule has 0 aliphatic carbocycles. The molecule has 122 valence electrons. The van der Waals surface area contributed by atoms with Crippen molar-refractivity contribution in [3.05, 3.63) is 48.0 Å². The summed E-state index contributed by atoms with van der Waals surface area (Å²) in [7, 11) is 0. The lowest BCUT2D eigenvalue weighted by atomic mass is 10.1. The molecular formula is C17H17N5O2. The number of nitrogens with one attached hydrogen (secondary N) is 1. The lowest BCUT2D eigenvalue weighted by Crippen LogP contribution is -2.27. The molecule has 5 N–H and O–H groups in total. The number of nitrogens with two attached hydrogens (primary N) is 1. The molecule has 7 nitrogen and oxygen atoms in total. The number of hydrogen-bond donors (Lipinski definition) is 4. The van der Waals surface area contributed by atoms with E-state index in [0.29, 0.717) is 16.9 Å². The number of para-hydroxylation sites is 1. The lowest BCUT2D eigenvalue weighted by Gasteiger charge is -2.13. The van der Waals surface area contributed by atoms with Gasteiger partial charge in [0, 0.05) is 6.07 Å². The zero-order chi connectivity index (χ0) is 17.3. The molecule has 0 atom stereocenters. The zero-order valence-corrected chi connectivity index (χ0v) is 13.1. The van der Waals surface area contributed by atoms with Crippen molar-refractivity contribution < 1.29 is 10.2 Å². The first-order valence-corrected chi connectivity index (χ1v) is 7.32. The molecule has 0 spiro atoms. The number of nitrogen functional groups attached to an aromatic ring is 1. The quantitative estimate of drug-likeness (QED) is 0.647. The number of hydrogen-bond acceptors (Lipinski definition) is 6. The molecule has 0 saturated heterocycles. The number of aliphatic hydroxyl groups is 1. The summed E-state index contributed by atoms with van der Waals surface area (Å²) in [4.78, 5) is 4.39. The number of aliphatic imine (C=N–C) groups is 1. The van der Waals surface area contributed by atoms with E-state index in [-0.39, 0.29) is 35.3 Å². The summed E-state index contributed by atoms with van der Waals surface area (Å²) >= 11 is 0. The molecule has 2 aromatic carbocycles. The highest BCUT2D eigenvalue weighted by atomic mass is 16.3. The topological polar surface area (TPSA) is 118 Å². The Morgan fingerprint density at radius 1 is 1.25 bits per heavy atom. The fourth-order valence-electron chi connectivity index (χ4n) is 2.35. The molecule has 0 radical (unpaired) electrons. The molecule has 1 aliphatic rings. The standard InChI is InChI=1S/C17H17N5O2/c1-10-7-13(12(18)8-15(10)24)20-16-14(9-23)21-22(17(16)19)11-5-3-2-4-6-11/h2-8,19,23-24H,9,18H2,1H3. The molecule has 3 rings (SSSR count). The summed E-state index contributed by atoms with van der Waals surface area (Å²) < 4.78 is 0. The number of amidine groups is 1. The van der Waals surface area contributed by atoms with Crippen molar-refractivity contribution in [3.8, 4) is 5.75 Å². The van der Waals surface area contributed by atoms with Crippen molar-refractivity contribution in [2.24, 2.45) is 10.1 Å². The third kappa shape index (κ3) is 2.72. The molecule has 7 heteroatoms. The van der Waals surface area contributed by atoms with Crippen LogP contribution in [0.25, 0.3) is 0 Å². The number of aromatic hydroxyl groups is 1.